The quantitative estimate of drug-likeness (QED) is 0.423. The topological polar surface area (TPSA) is 120 Å². The zero-order valence-corrected chi connectivity index (χ0v) is 11.6. The first-order chi connectivity index (χ1) is 9.88. The maximum Gasteiger partial charge on any atom is 0.250 e. The van der Waals surface area contributed by atoms with Gasteiger partial charge in [-0.05, 0) is 5.56 Å². The van der Waals surface area contributed by atoms with Crippen molar-refractivity contribution < 1.29 is 35.0 Å². The fourth-order valence-electron chi connectivity index (χ4n) is 2.54. The van der Waals surface area contributed by atoms with E-state index in [2.05, 4.69) is 0 Å². The van der Waals surface area contributed by atoms with E-state index < -0.39 is 36.5 Å². The molecule has 0 aromatic heterocycles. The largest absolute Gasteiger partial charge is 0.394 e. The zero-order valence-electron chi connectivity index (χ0n) is 11.6. The van der Waals surface area contributed by atoms with Crippen LogP contribution in [-0.2, 0) is 15.9 Å². The molecule has 5 atom stereocenters. The smallest absolute Gasteiger partial charge is 0.250 e. The van der Waals surface area contributed by atoms with E-state index >= 15 is 0 Å². The van der Waals surface area contributed by atoms with Crippen LogP contribution in [0.1, 0.15) is 5.56 Å². The molecule has 5 N–H and O–H groups in total. The summed E-state index contributed by atoms with van der Waals surface area (Å²) in [5.74, 6) is -4.86. The highest BCUT2D eigenvalue weighted by molar-refractivity contribution is 5.18. The molecule has 0 spiro atoms. The van der Waals surface area contributed by atoms with Crippen molar-refractivity contribution in [3.05, 3.63) is 35.9 Å². The SMILES string of the molecule is CO[C@@]1(O)[C@@H](O)[C@H](O)[C@@H](CO)O[C@]1(O)Cc1ccccc1. The minimum absolute atomic E-state index is 0.196. The van der Waals surface area contributed by atoms with E-state index in [4.69, 9.17) is 9.47 Å². The normalized spacial score (nSPS) is 40.2. The summed E-state index contributed by atoms with van der Waals surface area (Å²) in [5, 5.41) is 50.1. The van der Waals surface area contributed by atoms with Gasteiger partial charge in [-0.1, -0.05) is 30.3 Å². The Labute approximate surface area is 122 Å². The lowest BCUT2D eigenvalue weighted by atomic mass is 9.85. The molecule has 2 rings (SSSR count). The number of aliphatic hydroxyl groups excluding tert-OH is 3. The Bertz CT molecular complexity index is 468. The third kappa shape index (κ3) is 2.69. The Hall–Kier alpha value is -1.06. The monoisotopic (exact) mass is 300 g/mol. The first-order valence-corrected chi connectivity index (χ1v) is 6.56. The fourth-order valence-corrected chi connectivity index (χ4v) is 2.54. The Balaban J connectivity index is 2.36. The summed E-state index contributed by atoms with van der Waals surface area (Å²) in [6, 6.07) is 8.66. The van der Waals surface area contributed by atoms with Crippen LogP contribution in [0.2, 0.25) is 0 Å². The van der Waals surface area contributed by atoms with Crippen LogP contribution >= 0.6 is 0 Å². The fraction of sp³-hybridized carbons (Fsp3) is 0.571. The van der Waals surface area contributed by atoms with Gasteiger partial charge >= 0.3 is 0 Å². The van der Waals surface area contributed by atoms with E-state index in [1.807, 2.05) is 0 Å². The maximum absolute atomic E-state index is 10.7. The van der Waals surface area contributed by atoms with Crippen molar-refractivity contribution in [2.45, 2.75) is 36.3 Å². The van der Waals surface area contributed by atoms with Gasteiger partial charge in [-0.15, -0.1) is 0 Å². The summed E-state index contributed by atoms with van der Waals surface area (Å²) in [6.07, 6.45) is -4.89. The molecule has 7 heteroatoms. The van der Waals surface area contributed by atoms with Gasteiger partial charge in [-0.2, -0.15) is 0 Å². The van der Waals surface area contributed by atoms with Crippen molar-refractivity contribution in [2.75, 3.05) is 13.7 Å². The predicted octanol–water partition coefficient (Wildman–Crippen LogP) is -1.63. The van der Waals surface area contributed by atoms with Gasteiger partial charge in [0, 0.05) is 13.5 Å². The van der Waals surface area contributed by atoms with Gasteiger partial charge in [0.05, 0.1) is 6.61 Å². The van der Waals surface area contributed by atoms with E-state index in [1.165, 1.54) is 0 Å². The van der Waals surface area contributed by atoms with Crippen molar-refractivity contribution in [3.8, 4) is 0 Å². The van der Waals surface area contributed by atoms with Gasteiger partial charge < -0.3 is 35.0 Å². The van der Waals surface area contributed by atoms with E-state index in [9.17, 15) is 25.5 Å². The van der Waals surface area contributed by atoms with E-state index in [0.29, 0.717) is 5.56 Å². The number of methoxy groups -OCH3 is 1. The maximum atomic E-state index is 10.7. The molecule has 1 aliphatic heterocycles. The van der Waals surface area contributed by atoms with Crippen molar-refractivity contribution in [1.82, 2.24) is 0 Å². The molecule has 118 valence electrons. The highest BCUT2D eigenvalue weighted by atomic mass is 16.7. The van der Waals surface area contributed by atoms with Crippen LogP contribution in [0.15, 0.2) is 30.3 Å². The molecule has 0 radical (unpaired) electrons. The van der Waals surface area contributed by atoms with Gasteiger partial charge in [-0.3, -0.25) is 0 Å². The van der Waals surface area contributed by atoms with Gasteiger partial charge in [0.15, 0.2) is 0 Å². The van der Waals surface area contributed by atoms with Gasteiger partial charge in [0.25, 0.3) is 5.79 Å². The minimum Gasteiger partial charge on any atom is -0.394 e. The lowest BCUT2D eigenvalue weighted by Crippen LogP contribution is -2.74. The molecule has 7 nitrogen and oxygen atoms in total. The molecule has 1 fully saturated rings. The van der Waals surface area contributed by atoms with E-state index in [0.717, 1.165) is 7.11 Å². The molecule has 0 unspecified atom stereocenters. The number of ether oxygens (including phenoxy) is 2. The highest BCUT2D eigenvalue weighted by Crippen LogP contribution is 2.39. The molecular weight excluding hydrogens is 280 g/mol. The molecule has 21 heavy (non-hydrogen) atoms. The third-order valence-electron chi connectivity index (χ3n) is 3.79. The van der Waals surface area contributed by atoms with Gasteiger partial charge in [0.1, 0.15) is 18.3 Å². The molecule has 1 heterocycles. The Kier molecular flexibility index (Phi) is 4.64. The van der Waals surface area contributed by atoms with Crippen molar-refractivity contribution in [3.63, 3.8) is 0 Å². The lowest BCUT2D eigenvalue weighted by molar-refractivity contribution is -0.452. The average Bonchev–Trinajstić information content (AvgIpc) is 2.50. The first kappa shape index (κ1) is 16.3. The molecule has 0 saturated carbocycles. The van der Waals surface area contributed by atoms with Crippen molar-refractivity contribution >= 4 is 0 Å². The summed E-state index contributed by atoms with van der Waals surface area (Å²) in [6.45, 7) is -0.630. The zero-order chi connectivity index (χ0) is 15.7. The molecule has 1 aliphatic rings. The third-order valence-corrected chi connectivity index (χ3v) is 3.79. The molecule has 0 bridgehead atoms. The number of hydrogen-bond acceptors (Lipinski definition) is 7. The number of hydrogen-bond donors (Lipinski definition) is 5. The lowest BCUT2D eigenvalue weighted by Gasteiger charge is -2.51. The minimum atomic E-state index is -2.53. The highest BCUT2D eigenvalue weighted by Gasteiger charge is 2.64. The second kappa shape index (κ2) is 5.98. The number of aliphatic hydroxyl groups is 5. The Morgan fingerprint density at radius 2 is 1.81 bits per heavy atom. The first-order valence-electron chi connectivity index (χ1n) is 6.56. The summed E-state index contributed by atoms with van der Waals surface area (Å²) in [4.78, 5) is 0. The van der Waals surface area contributed by atoms with Gasteiger partial charge in [-0.25, -0.2) is 0 Å². The van der Waals surface area contributed by atoms with Crippen LogP contribution in [0.5, 0.6) is 0 Å². The van der Waals surface area contributed by atoms with Crippen LogP contribution in [0.3, 0.4) is 0 Å². The number of benzene rings is 1. The van der Waals surface area contributed by atoms with E-state index in [-0.39, 0.29) is 6.42 Å². The molecule has 1 saturated heterocycles. The second-order valence-corrected chi connectivity index (χ2v) is 5.12. The van der Waals surface area contributed by atoms with Crippen LogP contribution < -0.4 is 0 Å². The molecule has 1 aromatic carbocycles. The molecule has 0 aliphatic carbocycles. The summed E-state index contributed by atoms with van der Waals surface area (Å²) < 4.78 is 10.1. The molecule has 1 aromatic rings. The van der Waals surface area contributed by atoms with Crippen LogP contribution in [0.25, 0.3) is 0 Å². The van der Waals surface area contributed by atoms with Crippen molar-refractivity contribution in [2.24, 2.45) is 0 Å². The predicted molar refractivity (Wildman–Crippen MR) is 71.0 cm³/mol. The molecular formula is C14H20O7. The average molecular weight is 300 g/mol. The Morgan fingerprint density at radius 1 is 1.19 bits per heavy atom. The second-order valence-electron chi connectivity index (χ2n) is 5.12. The summed E-state index contributed by atoms with van der Waals surface area (Å²) >= 11 is 0. The van der Waals surface area contributed by atoms with Crippen molar-refractivity contribution in [1.29, 1.82) is 0 Å². The van der Waals surface area contributed by atoms with Crippen LogP contribution in [0.4, 0.5) is 0 Å². The van der Waals surface area contributed by atoms with Crippen LogP contribution in [0, 0.1) is 0 Å². The summed E-state index contributed by atoms with van der Waals surface area (Å²) in [7, 11) is 1.08. The standard InChI is InChI=1S/C14H20O7/c1-20-14(19)12(17)11(16)10(8-15)21-13(14,18)7-9-5-3-2-4-6-9/h2-6,10-12,15-19H,7-8H2,1H3/t10-,11-,12+,13-,14+/m1/s1. The molecule has 0 amide bonds. The number of rotatable bonds is 4. The van der Waals surface area contributed by atoms with E-state index in [1.54, 1.807) is 30.3 Å². The van der Waals surface area contributed by atoms with Crippen LogP contribution in [-0.4, -0.2) is 69.1 Å². The Morgan fingerprint density at radius 3 is 2.33 bits per heavy atom. The summed E-state index contributed by atoms with van der Waals surface area (Å²) in [5.41, 5.74) is 0.621. The van der Waals surface area contributed by atoms with Gasteiger partial charge in [0.2, 0.25) is 5.79 Å².